The summed E-state index contributed by atoms with van der Waals surface area (Å²) in [5, 5.41) is 9.32. The smallest absolute Gasteiger partial charge is 0.161 e. The Bertz CT molecular complexity index is 345. The first-order valence-corrected chi connectivity index (χ1v) is 5.47. The van der Waals surface area contributed by atoms with Crippen LogP contribution in [0, 0.1) is 0 Å². The molecule has 0 aliphatic carbocycles. The number of hydrogen-bond donors (Lipinski definition) is 1. The SMILES string of the molecule is CCOc1cc(C(C)(C)CO)ccc1OC. The highest BCUT2D eigenvalue weighted by Gasteiger charge is 2.21. The molecule has 0 saturated heterocycles. The highest BCUT2D eigenvalue weighted by Crippen LogP contribution is 2.33. The van der Waals surface area contributed by atoms with Crippen molar-refractivity contribution in [3.8, 4) is 11.5 Å². The Labute approximate surface area is 97.0 Å². The molecule has 3 nitrogen and oxygen atoms in total. The molecule has 1 N–H and O–H groups in total. The van der Waals surface area contributed by atoms with E-state index in [1.807, 2.05) is 39.0 Å². The van der Waals surface area contributed by atoms with Crippen LogP contribution in [0.25, 0.3) is 0 Å². The van der Waals surface area contributed by atoms with Crippen LogP contribution in [0.1, 0.15) is 26.3 Å². The highest BCUT2D eigenvalue weighted by atomic mass is 16.5. The van der Waals surface area contributed by atoms with Gasteiger partial charge in [-0.2, -0.15) is 0 Å². The number of benzene rings is 1. The first-order valence-electron chi connectivity index (χ1n) is 5.47. The van der Waals surface area contributed by atoms with Crippen LogP contribution in [-0.4, -0.2) is 25.4 Å². The number of aliphatic hydroxyl groups is 1. The summed E-state index contributed by atoms with van der Waals surface area (Å²) in [6.07, 6.45) is 0. The summed E-state index contributed by atoms with van der Waals surface area (Å²) in [6, 6.07) is 5.76. The average molecular weight is 224 g/mol. The Balaban J connectivity index is 3.11. The molecular weight excluding hydrogens is 204 g/mol. The van der Waals surface area contributed by atoms with Crippen molar-refractivity contribution in [1.82, 2.24) is 0 Å². The zero-order valence-electron chi connectivity index (χ0n) is 10.4. The van der Waals surface area contributed by atoms with E-state index in [9.17, 15) is 5.11 Å². The molecule has 0 aromatic heterocycles. The summed E-state index contributed by atoms with van der Waals surface area (Å²) >= 11 is 0. The van der Waals surface area contributed by atoms with E-state index in [1.165, 1.54) is 0 Å². The van der Waals surface area contributed by atoms with E-state index in [1.54, 1.807) is 7.11 Å². The van der Waals surface area contributed by atoms with Crippen LogP contribution in [0.5, 0.6) is 11.5 Å². The fourth-order valence-electron chi connectivity index (χ4n) is 1.46. The summed E-state index contributed by atoms with van der Waals surface area (Å²) in [5.41, 5.74) is 0.775. The molecule has 0 atom stereocenters. The van der Waals surface area contributed by atoms with Gasteiger partial charge in [-0.15, -0.1) is 0 Å². The first kappa shape index (κ1) is 12.8. The third-order valence-electron chi connectivity index (χ3n) is 2.64. The van der Waals surface area contributed by atoms with E-state index in [-0.39, 0.29) is 12.0 Å². The van der Waals surface area contributed by atoms with Crippen LogP contribution in [0.2, 0.25) is 0 Å². The van der Waals surface area contributed by atoms with Crippen molar-refractivity contribution in [2.45, 2.75) is 26.2 Å². The Morgan fingerprint density at radius 3 is 2.44 bits per heavy atom. The van der Waals surface area contributed by atoms with Crippen molar-refractivity contribution < 1.29 is 14.6 Å². The fraction of sp³-hybridized carbons (Fsp3) is 0.538. The topological polar surface area (TPSA) is 38.7 Å². The lowest BCUT2D eigenvalue weighted by Gasteiger charge is -2.23. The molecule has 0 bridgehead atoms. The number of ether oxygens (including phenoxy) is 2. The molecular formula is C13H20O3. The largest absolute Gasteiger partial charge is 0.493 e. The van der Waals surface area contributed by atoms with Crippen molar-refractivity contribution in [2.24, 2.45) is 0 Å². The third-order valence-corrected chi connectivity index (χ3v) is 2.64. The van der Waals surface area contributed by atoms with Crippen LogP contribution >= 0.6 is 0 Å². The van der Waals surface area contributed by atoms with E-state index >= 15 is 0 Å². The van der Waals surface area contributed by atoms with Crippen molar-refractivity contribution in [2.75, 3.05) is 20.3 Å². The van der Waals surface area contributed by atoms with Crippen molar-refractivity contribution in [3.63, 3.8) is 0 Å². The highest BCUT2D eigenvalue weighted by molar-refractivity contribution is 5.45. The minimum atomic E-state index is -0.266. The quantitative estimate of drug-likeness (QED) is 0.834. The van der Waals surface area contributed by atoms with Crippen LogP contribution in [-0.2, 0) is 5.41 Å². The normalized spacial score (nSPS) is 11.3. The van der Waals surface area contributed by atoms with Crippen molar-refractivity contribution >= 4 is 0 Å². The zero-order valence-corrected chi connectivity index (χ0v) is 10.4. The summed E-state index contributed by atoms with van der Waals surface area (Å²) in [7, 11) is 1.62. The Morgan fingerprint density at radius 1 is 1.25 bits per heavy atom. The molecule has 0 radical (unpaired) electrons. The summed E-state index contributed by atoms with van der Waals surface area (Å²) in [5.74, 6) is 1.45. The predicted octanol–water partition coefficient (Wildman–Crippen LogP) is 2.36. The summed E-state index contributed by atoms with van der Waals surface area (Å²) < 4.78 is 10.7. The molecule has 3 heteroatoms. The molecule has 1 rings (SSSR count). The van der Waals surface area contributed by atoms with Gasteiger partial charge in [0.15, 0.2) is 11.5 Å². The number of aliphatic hydroxyl groups excluding tert-OH is 1. The van der Waals surface area contributed by atoms with Crippen molar-refractivity contribution in [3.05, 3.63) is 23.8 Å². The van der Waals surface area contributed by atoms with Crippen LogP contribution < -0.4 is 9.47 Å². The molecule has 0 fully saturated rings. The Hall–Kier alpha value is -1.22. The molecule has 0 spiro atoms. The number of hydrogen-bond acceptors (Lipinski definition) is 3. The van der Waals surface area contributed by atoms with Crippen LogP contribution in [0.4, 0.5) is 0 Å². The predicted molar refractivity (Wildman–Crippen MR) is 64.3 cm³/mol. The maximum atomic E-state index is 9.32. The summed E-state index contributed by atoms with van der Waals surface area (Å²) in [6.45, 7) is 6.61. The van der Waals surface area contributed by atoms with Gasteiger partial charge in [0.05, 0.1) is 20.3 Å². The third kappa shape index (κ3) is 2.67. The van der Waals surface area contributed by atoms with E-state index in [2.05, 4.69) is 0 Å². The maximum Gasteiger partial charge on any atom is 0.161 e. The van der Waals surface area contributed by atoms with Crippen molar-refractivity contribution in [1.29, 1.82) is 0 Å². The van der Waals surface area contributed by atoms with Crippen LogP contribution in [0.3, 0.4) is 0 Å². The van der Waals surface area contributed by atoms with Gasteiger partial charge in [0.25, 0.3) is 0 Å². The average Bonchev–Trinajstić information content (AvgIpc) is 2.29. The molecule has 0 unspecified atom stereocenters. The minimum Gasteiger partial charge on any atom is -0.493 e. The second kappa shape index (κ2) is 5.21. The van der Waals surface area contributed by atoms with Gasteiger partial charge in [-0.25, -0.2) is 0 Å². The van der Waals surface area contributed by atoms with Gasteiger partial charge < -0.3 is 14.6 Å². The van der Waals surface area contributed by atoms with E-state index in [0.29, 0.717) is 6.61 Å². The lowest BCUT2D eigenvalue weighted by Crippen LogP contribution is -2.22. The summed E-state index contributed by atoms with van der Waals surface area (Å²) in [4.78, 5) is 0. The number of rotatable bonds is 5. The van der Waals surface area contributed by atoms with Crippen LogP contribution in [0.15, 0.2) is 18.2 Å². The van der Waals surface area contributed by atoms with Gasteiger partial charge >= 0.3 is 0 Å². The minimum absolute atomic E-state index is 0.102. The second-order valence-corrected chi connectivity index (χ2v) is 4.34. The van der Waals surface area contributed by atoms with E-state index in [4.69, 9.17) is 9.47 Å². The Morgan fingerprint density at radius 2 is 1.94 bits per heavy atom. The molecule has 1 aromatic carbocycles. The Kier molecular flexibility index (Phi) is 4.19. The number of methoxy groups -OCH3 is 1. The molecule has 0 heterocycles. The monoisotopic (exact) mass is 224 g/mol. The standard InChI is InChI=1S/C13H20O3/c1-5-16-12-8-10(13(2,3)9-14)6-7-11(12)15-4/h6-8,14H,5,9H2,1-4H3. The lowest BCUT2D eigenvalue weighted by atomic mass is 9.85. The van der Waals surface area contributed by atoms with Gasteiger partial charge in [0, 0.05) is 5.41 Å². The lowest BCUT2D eigenvalue weighted by molar-refractivity contribution is 0.217. The van der Waals surface area contributed by atoms with E-state index in [0.717, 1.165) is 17.1 Å². The van der Waals surface area contributed by atoms with E-state index < -0.39 is 0 Å². The first-order chi connectivity index (χ1) is 7.55. The molecule has 0 amide bonds. The molecule has 16 heavy (non-hydrogen) atoms. The van der Waals surface area contributed by atoms with Gasteiger partial charge in [0.2, 0.25) is 0 Å². The van der Waals surface area contributed by atoms with Gasteiger partial charge in [-0.3, -0.25) is 0 Å². The second-order valence-electron chi connectivity index (χ2n) is 4.34. The molecule has 90 valence electrons. The van der Waals surface area contributed by atoms with Gasteiger partial charge in [-0.1, -0.05) is 19.9 Å². The molecule has 0 aliphatic heterocycles. The van der Waals surface area contributed by atoms with Gasteiger partial charge in [0.1, 0.15) is 0 Å². The molecule has 0 saturated carbocycles. The zero-order chi connectivity index (χ0) is 12.2. The molecule has 1 aromatic rings. The molecule has 0 aliphatic rings. The van der Waals surface area contributed by atoms with Gasteiger partial charge in [-0.05, 0) is 24.6 Å². The maximum absolute atomic E-state index is 9.32. The fourth-order valence-corrected chi connectivity index (χ4v) is 1.46.